The molecule has 102 valence electrons. The average molecular weight is 263 g/mol. The Labute approximate surface area is 111 Å². The van der Waals surface area contributed by atoms with Gasteiger partial charge in [0, 0.05) is 13.2 Å². The molecular weight excluding hydrogens is 246 g/mol. The highest BCUT2D eigenvalue weighted by molar-refractivity contribution is 5.80. The van der Waals surface area contributed by atoms with Crippen molar-refractivity contribution in [2.24, 2.45) is 0 Å². The fourth-order valence-corrected chi connectivity index (χ4v) is 2.30. The SMILES string of the molecule is O=C(NCc1ccc2c(c1)OCO2)C1CCCCO1. The van der Waals surface area contributed by atoms with Gasteiger partial charge in [-0.2, -0.15) is 0 Å². The van der Waals surface area contributed by atoms with E-state index in [0.29, 0.717) is 13.2 Å². The molecule has 1 saturated heterocycles. The molecule has 0 spiro atoms. The van der Waals surface area contributed by atoms with Crippen LogP contribution in [0.3, 0.4) is 0 Å². The van der Waals surface area contributed by atoms with Gasteiger partial charge in [0.2, 0.25) is 12.7 Å². The van der Waals surface area contributed by atoms with E-state index >= 15 is 0 Å². The molecule has 2 heterocycles. The van der Waals surface area contributed by atoms with Gasteiger partial charge in [-0.1, -0.05) is 6.07 Å². The third kappa shape index (κ3) is 2.81. The lowest BCUT2D eigenvalue weighted by atomic mass is 10.1. The van der Waals surface area contributed by atoms with Gasteiger partial charge in [0.15, 0.2) is 11.5 Å². The maximum Gasteiger partial charge on any atom is 0.249 e. The second-order valence-electron chi connectivity index (χ2n) is 4.76. The van der Waals surface area contributed by atoms with Crippen molar-refractivity contribution in [3.8, 4) is 11.5 Å². The number of fused-ring (bicyclic) bond motifs is 1. The van der Waals surface area contributed by atoms with Gasteiger partial charge in [0.1, 0.15) is 6.10 Å². The van der Waals surface area contributed by atoms with Crippen molar-refractivity contribution in [3.05, 3.63) is 23.8 Å². The number of carbonyl (C=O) groups excluding carboxylic acids is 1. The van der Waals surface area contributed by atoms with Crippen LogP contribution in [0.2, 0.25) is 0 Å². The molecule has 3 rings (SSSR count). The van der Waals surface area contributed by atoms with Crippen molar-refractivity contribution in [1.82, 2.24) is 5.32 Å². The monoisotopic (exact) mass is 263 g/mol. The van der Waals surface area contributed by atoms with Crippen molar-refractivity contribution in [1.29, 1.82) is 0 Å². The average Bonchev–Trinajstić information content (AvgIpc) is 2.93. The lowest BCUT2D eigenvalue weighted by Crippen LogP contribution is -2.37. The summed E-state index contributed by atoms with van der Waals surface area (Å²) in [5, 5.41) is 2.90. The van der Waals surface area contributed by atoms with Gasteiger partial charge in [-0.15, -0.1) is 0 Å². The normalized spacial score (nSPS) is 21.2. The van der Waals surface area contributed by atoms with Crippen LogP contribution in [0.1, 0.15) is 24.8 Å². The van der Waals surface area contributed by atoms with Gasteiger partial charge >= 0.3 is 0 Å². The molecule has 0 radical (unpaired) electrons. The highest BCUT2D eigenvalue weighted by atomic mass is 16.7. The van der Waals surface area contributed by atoms with Crippen molar-refractivity contribution < 1.29 is 19.0 Å². The quantitative estimate of drug-likeness (QED) is 0.900. The third-order valence-corrected chi connectivity index (χ3v) is 3.38. The molecule has 2 aliphatic heterocycles. The number of nitrogens with one attached hydrogen (secondary N) is 1. The van der Waals surface area contributed by atoms with E-state index < -0.39 is 0 Å². The fourth-order valence-electron chi connectivity index (χ4n) is 2.30. The van der Waals surface area contributed by atoms with Gasteiger partial charge < -0.3 is 19.5 Å². The second-order valence-corrected chi connectivity index (χ2v) is 4.76. The first-order valence-electron chi connectivity index (χ1n) is 6.61. The Morgan fingerprint density at radius 1 is 1.26 bits per heavy atom. The molecule has 0 aromatic heterocycles. The summed E-state index contributed by atoms with van der Waals surface area (Å²) < 4.78 is 16.0. The molecule has 0 saturated carbocycles. The predicted molar refractivity (Wildman–Crippen MR) is 68.0 cm³/mol. The second kappa shape index (κ2) is 5.48. The number of amides is 1. The molecule has 1 unspecified atom stereocenters. The number of hydrogen-bond acceptors (Lipinski definition) is 4. The van der Waals surface area contributed by atoms with Crippen LogP contribution >= 0.6 is 0 Å². The largest absolute Gasteiger partial charge is 0.454 e. The zero-order valence-electron chi connectivity index (χ0n) is 10.7. The van der Waals surface area contributed by atoms with Crippen LogP contribution in [0.25, 0.3) is 0 Å². The van der Waals surface area contributed by atoms with Gasteiger partial charge in [-0.3, -0.25) is 4.79 Å². The molecule has 1 fully saturated rings. The summed E-state index contributed by atoms with van der Waals surface area (Å²) in [6.45, 7) is 1.43. The van der Waals surface area contributed by atoms with E-state index in [2.05, 4.69) is 5.32 Å². The Balaban J connectivity index is 1.55. The minimum absolute atomic E-state index is 0.0302. The number of benzene rings is 1. The minimum Gasteiger partial charge on any atom is -0.454 e. The summed E-state index contributed by atoms with van der Waals surface area (Å²) in [4.78, 5) is 11.9. The summed E-state index contributed by atoms with van der Waals surface area (Å²) >= 11 is 0. The zero-order chi connectivity index (χ0) is 13.1. The van der Waals surface area contributed by atoms with Crippen LogP contribution in [0.15, 0.2) is 18.2 Å². The van der Waals surface area contributed by atoms with Crippen LogP contribution in [0, 0.1) is 0 Å². The van der Waals surface area contributed by atoms with Crippen molar-refractivity contribution in [2.45, 2.75) is 31.9 Å². The third-order valence-electron chi connectivity index (χ3n) is 3.38. The van der Waals surface area contributed by atoms with Gasteiger partial charge in [-0.05, 0) is 37.0 Å². The number of rotatable bonds is 3. The van der Waals surface area contributed by atoms with Crippen LogP contribution in [0.4, 0.5) is 0 Å². The van der Waals surface area contributed by atoms with Crippen LogP contribution in [0.5, 0.6) is 11.5 Å². The molecule has 1 aromatic carbocycles. The molecule has 1 N–H and O–H groups in total. The molecule has 5 nitrogen and oxygen atoms in total. The number of carbonyl (C=O) groups is 1. The van der Waals surface area contributed by atoms with Gasteiger partial charge in [0.05, 0.1) is 0 Å². The fraction of sp³-hybridized carbons (Fsp3) is 0.500. The maximum absolute atomic E-state index is 11.9. The van der Waals surface area contributed by atoms with Crippen molar-refractivity contribution in [2.75, 3.05) is 13.4 Å². The molecule has 1 aromatic rings. The molecule has 0 bridgehead atoms. The molecule has 5 heteroatoms. The first kappa shape index (κ1) is 12.3. The van der Waals surface area contributed by atoms with Crippen LogP contribution in [-0.2, 0) is 16.1 Å². The van der Waals surface area contributed by atoms with Gasteiger partial charge in [0.25, 0.3) is 0 Å². The van der Waals surface area contributed by atoms with E-state index in [1.54, 1.807) is 0 Å². The Kier molecular flexibility index (Phi) is 3.55. The maximum atomic E-state index is 11.9. The highest BCUT2D eigenvalue weighted by Gasteiger charge is 2.21. The Morgan fingerprint density at radius 2 is 2.16 bits per heavy atom. The summed E-state index contributed by atoms with van der Waals surface area (Å²) in [5.41, 5.74) is 0.994. The first-order chi connectivity index (χ1) is 9.33. The topological polar surface area (TPSA) is 56.8 Å². The number of ether oxygens (including phenoxy) is 3. The van der Waals surface area contributed by atoms with E-state index in [0.717, 1.165) is 36.3 Å². The number of hydrogen-bond donors (Lipinski definition) is 1. The molecule has 0 aliphatic carbocycles. The molecule has 19 heavy (non-hydrogen) atoms. The Bertz CT molecular complexity index is 469. The predicted octanol–water partition coefficient (Wildman–Crippen LogP) is 1.60. The molecule has 1 atom stereocenters. The van der Waals surface area contributed by atoms with Gasteiger partial charge in [-0.25, -0.2) is 0 Å². The minimum atomic E-state index is -0.289. The first-order valence-corrected chi connectivity index (χ1v) is 6.61. The van der Waals surface area contributed by atoms with Crippen LogP contribution < -0.4 is 14.8 Å². The van der Waals surface area contributed by atoms with E-state index in [1.165, 1.54) is 0 Å². The molecule has 1 amide bonds. The zero-order valence-corrected chi connectivity index (χ0v) is 10.7. The summed E-state index contributed by atoms with van der Waals surface area (Å²) in [6.07, 6.45) is 2.63. The van der Waals surface area contributed by atoms with E-state index in [1.807, 2.05) is 18.2 Å². The van der Waals surface area contributed by atoms with E-state index in [9.17, 15) is 4.79 Å². The molecular formula is C14H17NO4. The Hall–Kier alpha value is -1.75. The lowest BCUT2D eigenvalue weighted by molar-refractivity contribution is -0.135. The summed E-state index contributed by atoms with van der Waals surface area (Å²) in [7, 11) is 0. The summed E-state index contributed by atoms with van der Waals surface area (Å²) in [5.74, 6) is 1.46. The van der Waals surface area contributed by atoms with E-state index in [4.69, 9.17) is 14.2 Å². The Morgan fingerprint density at radius 3 is 3.00 bits per heavy atom. The highest BCUT2D eigenvalue weighted by Crippen LogP contribution is 2.32. The van der Waals surface area contributed by atoms with Crippen molar-refractivity contribution >= 4 is 5.91 Å². The smallest absolute Gasteiger partial charge is 0.249 e. The molecule has 2 aliphatic rings. The van der Waals surface area contributed by atoms with Crippen molar-refractivity contribution in [3.63, 3.8) is 0 Å². The van der Waals surface area contributed by atoms with Crippen LogP contribution in [-0.4, -0.2) is 25.4 Å². The summed E-state index contributed by atoms with van der Waals surface area (Å²) in [6, 6.07) is 5.68. The van der Waals surface area contributed by atoms with E-state index in [-0.39, 0.29) is 18.8 Å². The lowest BCUT2D eigenvalue weighted by Gasteiger charge is -2.21. The standard InChI is InChI=1S/C14H17NO4/c16-14(12-3-1-2-6-17-12)15-8-10-4-5-11-13(7-10)19-9-18-11/h4-5,7,12H,1-3,6,8-9H2,(H,15,16).